The van der Waals surface area contributed by atoms with E-state index >= 15 is 0 Å². The Morgan fingerprint density at radius 1 is 1.17 bits per heavy atom. The van der Waals surface area contributed by atoms with E-state index in [0.717, 1.165) is 0 Å². The predicted molar refractivity (Wildman–Crippen MR) is 49.3 cm³/mol. The molecule has 1 rings (SSSR count). The molecule has 0 atom stereocenters. The molecule has 0 saturated heterocycles. The van der Waals surface area contributed by atoms with Gasteiger partial charge in [0.05, 0.1) is 18.1 Å². The summed E-state index contributed by atoms with van der Waals surface area (Å²) >= 11 is 0. The zero-order valence-corrected chi connectivity index (χ0v) is 7.92. The van der Waals surface area contributed by atoms with E-state index in [0.29, 0.717) is 5.75 Å². The van der Waals surface area contributed by atoms with Gasteiger partial charge in [-0.2, -0.15) is 0 Å². The third-order valence-corrected chi connectivity index (χ3v) is 2.36. The van der Waals surface area contributed by atoms with Gasteiger partial charge in [-0.15, -0.1) is 0 Å². The molecule has 1 aromatic rings. The van der Waals surface area contributed by atoms with Crippen molar-refractivity contribution >= 4 is 10.9 Å². The lowest BCUT2D eigenvalue weighted by Gasteiger charge is -2.01. The molecule has 1 aromatic carbocycles. The molecule has 0 bridgehead atoms. The van der Waals surface area contributed by atoms with Crippen molar-refractivity contribution in [2.45, 2.75) is 5.75 Å². The van der Waals surface area contributed by atoms with Crippen LogP contribution in [0.1, 0.15) is 5.56 Å². The van der Waals surface area contributed by atoms with Crippen molar-refractivity contribution in [2.24, 2.45) is 0 Å². The van der Waals surface area contributed by atoms with Crippen LogP contribution in [0.3, 0.4) is 0 Å². The molecule has 66 valence electrons. The second-order valence-corrected chi connectivity index (χ2v) is 5.09. The zero-order chi connectivity index (χ0) is 9.14. The van der Waals surface area contributed by atoms with Crippen LogP contribution in [0.4, 0.5) is 8.78 Å². The minimum absolute atomic E-state index is 0.0329. The van der Waals surface area contributed by atoms with Gasteiger partial charge in [-0.1, -0.05) is 6.07 Å². The van der Waals surface area contributed by atoms with Crippen LogP contribution in [0.25, 0.3) is 0 Å². The highest BCUT2D eigenvalue weighted by Crippen LogP contribution is 2.14. The Hall–Kier alpha value is -0.570. The van der Waals surface area contributed by atoms with E-state index in [9.17, 15) is 8.78 Å². The first-order valence-electron chi connectivity index (χ1n) is 3.58. The second-order valence-electron chi connectivity index (χ2n) is 2.83. The quantitative estimate of drug-likeness (QED) is 0.626. The molecular formula is C9H11F2S+. The monoisotopic (exact) mass is 189 g/mol. The molecule has 12 heavy (non-hydrogen) atoms. The minimum atomic E-state index is -0.434. The Morgan fingerprint density at radius 3 is 2.08 bits per heavy atom. The number of benzene rings is 1. The molecule has 0 aromatic heterocycles. The first-order chi connectivity index (χ1) is 5.61. The first-order valence-corrected chi connectivity index (χ1v) is 5.79. The Kier molecular flexibility index (Phi) is 3.09. The summed E-state index contributed by atoms with van der Waals surface area (Å²) in [5.74, 6) is -0.384. The van der Waals surface area contributed by atoms with Crippen LogP contribution in [-0.2, 0) is 16.6 Å². The third-order valence-electron chi connectivity index (χ3n) is 1.49. The molecule has 0 spiro atoms. The van der Waals surface area contributed by atoms with Crippen LogP contribution in [0, 0.1) is 11.6 Å². The summed E-state index contributed by atoms with van der Waals surface area (Å²) in [6.07, 6.45) is 3.93. The number of rotatable bonds is 2. The molecule has 0 aliphatic rings. The summed E-state index contributed by atoms with van der Waals surface area (Å²) < 4.78 is 26.0. The maximum absolute atomic E-state index is 13.0. The highest BCUT2D eigenvalue weighted by atomic mass is 32.2. The van der Waals surface area contributed by atoms with Crippen molar-refractivity contribution < 1.29 is 8.78 Å². The summed E-state index contributed by atoms with van der Waals surface area (Å²) in [5, 5.41) is 0. The fraction of sp³-hybridized carbons (Fsp3) is 0.333. The molecule has 0 aliphatic heterocycles. The fourth-order valence-electron chi connectivity index (χ4n) is 0.959. The molecule has 0 radical (unpaired) electrons. The van der Waals surface area contributed by atoms with Gasteiger partial charge in [-0.05, 0) is 23.0 Å². The van der Waals surface area contributed by atoms with Crippen molar-refractivity contribution in [3.05, 3.63) is 35.4 Å². The lowest BCUT2D eigenvalue weighted by atomic mass is 10.2. The van der Waals surface area contributed by atoms with Gasteiger partial charge in [-0.25, -0.2) is 8.78 Å². The van der Waals surface area contributed by atoms with E-state index in [-0.39, 0.29) is 16.5 Å². The summed E-state index contributed by atoms with van der Waals surface area (Å²) in [7, 11) is 0.0329. The van der Waals surface area contributed by atoms with E-state index in [1.54, 1.807) is 0 Å². The van der Waals surface area contributed by atoms with E-state index < -0.39 is 11.6 Å². The normalized spacial score (nSPS) is 10.8. The van der Waals surface area contributed by atoms with Crippen LogP contribution in [-0.4, -0.2) is 12.5 Å². The standard InChI is InChI=1S/C9H11F2S/c1-12(2)6-7-8(10)4-3-5-9(7)11/h3-5H,6H2,1-2H3/q+1. The maximum Gasteiger partial charge on any atom is 0.138 e. The molecular weight excluding hydrogens is 178 g/mol. The average Bonchev–Trinajstić information content (AvgIpc) is 1.97. The molecule has 0 amide bonds. The Balaban J connectivity index is 2.96. The Bertz CT molecular complexity index is 251. The van der Waals surface area contributed by atoms with Crippen molar-refractivity contribution in [3.8, 4) is 0 Å². The molecule has 3 heteroatoms. The number of hydrogen-bond acceptors (Lipinski definition) is 0. The van der Waals surface area contributed by atoms with Gasteiger partial charge in [0.1, 0.15) is 17.4 Å². The van der Waals surface area contributed by atoms with E-state index in [1.807, 2.05) is 12.5 Å². The SMILES string of the molecule is C[S+](C)Cc1c(F)cccc1F. The fourth-order valence-corrected chi connectivity index (χ4v) is 1.81. The minimum Gasteiger partial charge on any atom is -0.206 e. The van der Waals surface area contributed by atoms with Crippen LogP contribution >= 0.6 is 0 Å². The van der Waals surface area contributed by atoms with Crippen LogP contribution in [0.5, 0.6) is 0 Å². The summed E-state index contributed by atoms with van der Waals surface area (Å²) in [5.41, 5.74) is 0.214. The number of halogens is 2. The smallest absolute Gasteiger partial charge is 0.138 e. The largest absolute Gasteiger partial charge is 0.206 e. The highest BCUT2D eigenvalue weighted by Gasteiger charge is 2.14. The van der Waals surface area contributed by atoms with Crippen LogP contribution < -0.4 is 0 Å². The highest BCUT2D eigenvalue weighted by molar-refractivity contribution is 7.94. The van der Waals surface area contributed by atoms with Crippen LogP contribution in [0.15, 0.2) is 18.2 Å². The summed E-state index contributed by atoms with van der Waals surface area (Å²) in [4.78, 5) is 0. The van der Waals surface area contributed by atoms with E-state index in [1.165, 1.54) is 18.2 Å². The van der Waals surface area contributed by atoms with Gasteiger partial charge in [0.25, 0.3) is 0 Å². The molecule has 0 N–H and O–H groups in total. The van der Waals surface area contributed by atoms with Gasteiger partial charge >= 0.3 is 0 Å². The van der Waals surface area contributed by atoms with Crippen molar-refractivity contribution in [1.29, 1.82) is 0 Å². The average molecular weight is 189 g/mol. The maximum atomic E-state index is 13.0. The molecule has 0 nitrogen and oxygen atoms in total. The van der Waals surface area contributed by atoms with Crippen LogP contribution in [0.2, 0.25) is 0 Å². The Morgan fingerprint density at radius 2 is 1.67 bits per heavy atom. The molecule has 0 aliphatic carbocycles. The van der Waals surface area contributed by atoms with E-state index in [2.05, 4.69) is 0 Å². The van der Waals surface area contributed by atoms with Crippen molar-refractivity contribution in [2.75, 3.05) is 12.5 Å². The van der Waals surface area contributed by atoms with Crippen molar-refractivity contribution in [3.63, 3.8) is 0 Å². The lowest BCUT2D eigenvalue weighted by Crippen LogP contribution is -2.04. The van der Waals surface area contributed by atoms with Gasteiger partial charge < -0.3 is 0 Å². The number of hydrogen-bond donors (Lipinski definition) is 0. The third kappa shape index (κ3) is 2.21. The zero-order valence-electron chi connectivity index (χ0n) is 7.10. The van der Waals surface area contributed by atoms with Gasteiger partial charge in [-0.3, -0.25) is 0 Å². The molecule has 0 fully saturated rings. The summed E-state index contributed by atoms with van der Waals surface area (Å²) in [6, 6.07) is 3.98. The van der Waals surface area contributed by atoms with Crippen molar-refractivity contribution in [1.82, 2.24) is 0 Å². The van der Waals surface area contributed by atoms with Gasteiger partial charge in [0.2, 0.25) is 0 Å². The second kappa shape index (κ2) is 3.90. The summed E-state index contributed by atoms with van der Waals surface area (Å²) in [6.45, 7) is 0. The topological polar surface area (TPSA) is 0 Å². The lowest BCUT2D eigenvalue weighted by molar-refractivity contribution is 0.566. The van der Waals surface area contributed by atoms with Gasteiger partial charge in [0.15, 0.2) is 0 Å². The molecule has 0 heterocycles. The van der Waals surface area contributed by atoms with Gasteiger partial charge in [0, 0.05) is 0 Å². The molecule has 0 saturated carbocycles. The Labute approximate surface area is 73.9 Å². The first kappa shape index (κ1) is 9.52. The molecule has 0 unspecified atom stereocenters. The predicted octanol–water partition coefficient (Wildman–Crippen LogP) is 2.34. The van der Waals surface area contributed by atoms with E-state index in [4.69, 9.17) is 0 Å².